The van der Waals surface area contributed by atoms with Crippen molar-refractivity contribution in [2.45, 2.75) is 20.0 Å². The Morgan fingerprint density at radius 1 is 1.09 bits per heavy atom. The monoisotopic (exact) mass is 317 g/mol. The van der Waals surface area contributed by atoms with E-state index in [2.05, 4.69) is 5.32 Å². The van der Waals surface area contributed by atoms with Crippen LogP contribution in [0.2, 0.25) is 0 Å². The maximum absolute atomic E-state index is 9.92. The lowest BCUT2D eigenvalue weighted by atomic mass is 10.2. The van der Waals surface area contributed by atoms with Crippen LogP contribution in [-0.2, 0) is 0 Å². The summed E-state index contributed by atoms with van der Waals surface area (Å²) >= 11 is 0. The number of benzene rings is 2. The van der Waals surface area contributed by atoms with Gasteiger partial charge in [0.2, 0.25) is 6.79 Å². The van der Waals surface area contributed by atoms with Crippen molar-refractivity contribution < 1.29 is 19.3 Å². The quantitative estimate of drug-likeness (QED) is 0.856. The Morgan fingerprint density at radius 2 is 1.83 bits per heavy atom. The van der Waals surface area contributed by atoms with Crippen molar-refractivity contribution in [2.24, 2.45) is 0 Å². The van der Waals surface area contributed by atoms with Crippen molar-refractivity contribution in [3.63, 3.8) is 0 Å². The Balaban J connectivity index is 0.000000924. The molecule has 0 fully saturated rings. The summed E-state index contributed by atoms with van der Waals surface area (Å²) in [6, 6.07) is 15.0. The zero-order chi connectivity index (χ0) is 16.5. The summed E-state index contributed by atoms with van der Waals surface area (Å²) in [5, 5.41) is 13.1. The van der Waals surface area contributed by atoms with E-state index in [1.54, 1.807) is 0 Å². The summed E-state index contributed by atoms with van der Waals surface area (Å²) in [7, 11) is 0. The fourth-order valence-corrected chi connectivity index (χ4v) is 2.01. The van der Waals surface area contributed by atoms with E-state index < -0.39 is 6.10 Å². The van der Waals surface area contributed by atoms with Crippen molar-refractivity contribution in [1.82, 2.24) is 0 Å². The maximum atomic E-state index is 9.92. The summed E-state index contributed by atoms with van der Waals surface area (Å²) in [5.74, 6) is 2.21. The Labute approximate surface area is 136 Å². The number of nitrogens with one attached hydrogen (secondary N) is 1. The minimum absolute atomic E-state index is 0.238. The number of para-hydroxylation sites is 1. The molecule has 23 heavy (non-hydrogen) atoms. The molecule has 1 atom stereocenters. The molecule has 0 amide bonds. The molecular formula is C18H23NO4. The second-order valence-corrected chi connectivity index (χ2v) is 4.73. The smallest absolute Gasteiger partial charge is 0.231 e. The van der Waals surface area contributed by atoms with E-state index in [-0.39, 0.29) is 13.4 Å². The van der Waals surface area contributed by atoms with Crippen LogP contribution in [0.15, 0.2) is 48.5 Å². The summed E-state index contributed by atoms with van der Waals surface area (Å²) in [4.78, 5) is 0. The molecule has 2 N–H and O–H groups in total. The molecule has 0 spiro atoms. The number of ether oxygens (including phenoxy) is 3. The van der Waals surface area contributed by atoms with Crippen LogP contribution >= 0.6 is 0 Å². The number of anilines is 1. The van der Waals surface area contributed by atoms with Gasteiger partial charge >= 0.3 is 0 Å². The lowest BCUT2D eigenvalue weighted by Gasteiger charge is -2.14. The Bertz CT molecular complexity index is 589. The van der Waals surface area contributed by atoms with Gasteiger partial charge in [-0.25, -0.2) is 0 Å². The summed E-state index contributed by atoms with van der Waals surface area (Å²) < 4.78 is 16.0. The molecule has 0 aromatic heterocycles. The van der Waals surface area contributed by atoms with Crippen molar-refractivity contribution in [1.29, 1.82) is 0 Å². The van der Waals surface area contributed by atoms with Crippen LogP contribution in [0.1, 0.15) is 13.8 Å². The van der Waals surface area contributed by atoms with Crippen LogP contribution in [0.4, 0.5) is 5.69 Å². The fourth-order valence-electron chi connectivity index (χ4n) is 2.01. The van der Waals surface area contributed by atoms with Crippen LogP contribution in [-0.4, -0.2) is 31.2 Å². The molecule has 5 heteroatoms. The zero-order valence-electron chi connectivity index (χ0n) is 13.5. The van der Waals surface area contributed by atoms with E-state index in [1.807, 2.05) is 62.4 Å². The van der Waals surface area contributed by atoms with Crippen LogP contribution in [0.25, 0.3) is 0 Å². The molecule has 5 nitrogen and oxygen atoms in total. The molecule has 1 aliphatic heterocycles. The first-order valence-corrected chi connectivity index (χ1v) is 7.81. The second-order valence-electron chi connectivity index (χ2n) is 4.73. The highest BCUT2D eigenvalue weighted by molar-refractivity contribution is 5.55. The largest absolute Gasteiger partial charge is 0.491 e. The standard InChI is InChI=1S/C16H17NO4.C2H6/c18-13(10-19-14-4-2-1-3-5-14)9-17-12-6-7-15-16(8-12)21-11-20-15;1-2/h1-8,13,17-18H,9-11H2;1-2H3. The molecule has 0 saturated heterocycles. The molecular weight excluding hydrogens is 294 g/mol. The average molecular weight is 317 g/mol. The number of fused-ring (bicyclic) bond motifs is 1. The van der Waals surface area contributed by atoms with Crippen molar-refractivity contribution >= 4 is 5.69 Å². The molecule has 2 aromatic rings. The molecule has 0 bridgehead atoms. The molecule has 1 aliphatic rings. The first kappa shape index (κ1) is 17.0. The third kappa shape index (κ3) is 5.07. The van der Waals surface area contributed by atoms with Crippen LogP contribution < -0.4 is 19.5 Å². The predicted octanol–water partition coefficient (Wildman–Crippen LogP) is 3.29. The van der Waals surface area contributed by atoms with E-state index in [0.717, 1.165) is 22.9 Å². The van der Waals surface area contributed by atoms with Crippen molar-refractivity contribution in [3.05, 3.63) is 48.5 Å². The van der Waals surface area contributed by atoms with E-state index in [4.69, 9.17) is 14.2 Å². The van der Waals surface area contributed by atoms with Gasteiger partial charge in [0, 0.05) is 18.3 Å². The second kappa shape index (κ2) is 8.90. The average Bonchev–Trinajstić information content (AvgIpc) is 3.08. The molecule has 1 heterocycles. The fraction of sp³-hybridized carbons (Fsp3) is 0.333. The number of rotatable bonds is 6. The van der Waals surface area contributed by atoms with Crippen molar-refractivity contribution in [3.8, 4) is 17.2 Å². The number of hydrogen-bond donors (Lipinski definition) is 2. The van der Waals surface area contributed by atoms with Crippen LogP contribution in [0.3, 0.4) is 0 Å². The number of aliphatic hydroxyl groups excluding tert-OH is 1. The van der Waals surface area contributed by atoms with Gasteiger partial charge in [0.05, 0.1) is 0 Å². The SMILES string of the molecule is CC.OC(CNc1ccc2c(c1)OCO2)COc1ccccc1. The number of aliphatic hydroxyl groups is 1. The lowest BCUT2D eigenvalue weighted by Crippen LogP contribution is -2.26. The van der Waals surface area contributed by atoms with Gasteiger partial charge in [-0.05, 0) is 24.3 Å². The highest BCUT2D eigenvalue weighted by Gasteiger charge is 2.13. The van der Waals surface area contributed by atoms with Crippen molar-refractivity contribution in [2.75, 3.05) is 25.3 Å². The first-order chi connectivity index (χ1) is 11.3. The molecule has 1 unspecified atom stereocenters. The van der Waals surface area contributed by atoms with Crippen LogP contribution in [0, 0.1) is 0 Å². The van der Waals surface area contributed by atoms with Gasteiger partial charge in [-0.2, -0.15) is 0 Å². The molecule has 2 aromatic carbocycles. The first-order valence-electron chi connectivity index (χ1n) is 7.81. The van der Waals surface area contributed by atoms with Gasteiger partial charge in [0.1, 0.15) is 18.5 Å². The van der Waals surface area contributed by atoms with E-state index in [0.29, 0.717) is 6.54 Å². The summed E-state index contributed by atoms with van der Waals surface area (Å²) in [6.07, 6.45) is -0.601. The maximum Gasteiger partial charge on any atom is 0.231 e. The minimum atomic E-state index is -0.601. The van der Waals surface area contributed by atoms with Gasteiger partial charge in [0.15, 0.2) is 11.5 Å². The van der Waals surface area contributed by atoms with Gasteiger partial charge in [0.25, 0.3) is 0 Å². The Morgan fingerprint density at radius 3 is 2.61 bits per heavy atom. The summed E-state index contributed by atoms with van der Waals surface area (Å²) in [5.41, 5.74) is 0.873. The van der Waals surface area contributed by atoms with Crippen LogP contribution in [0.5, 0.6) is 17.2 Å². The highest BCUT2D eigenvalue weighted by atomic mass is 16.7. The molecule has 3 rings (SSSR count). The molecule has 0 saturated carbocycles. The summed E-state index contributed by atoms with van der Waals surface area (Å²) in [6.45, 7) is 4.89. The Kier molecular flexibility index (Phi) is 6.56. The lowest BCUT2D eigenvalue weighted by molar-refractivity contribution is 0.117. The van der Waals surface area contributed by atoms with E-state index >= 15 is 0 Å². The normalized spacial score (nSPS) is 12.8. The third-order valence-electron chi connectivity index (χ3n) is 3.10. The number of hydrogen-bond acceptors (Lipinski definition) is 5. The molecule has 0 radical (unpaired) electrons. The third-order valence-corrected chi connectivity index (χ3v) is 3.10. The van der Waals surface area contributed by atoms with Gasteiger partial charge in [-0.1, -0.05) is 32.0 Å². The van der Waals surface area contributed by atoms with E-state index in [1.165, 1.54) is 0 Å². The zero-order valence-corrected chi connectivity index (χ0v) is 13.5. The topological polar surface area (TPSA) is 60.0 Å². The van der Waals surface area contributed by atoms with E-state index in [9.17, 15) is 5.11 Å². The molecule has 124 valence electrons. The predicted molar refractivity (Wildman–Crippen MR) is 90.3 cm³/mol. The Hall–Kier alpha value is -2.40. The molecule has 0 aliphatic carbocycles. The van der Waals surface area contributed by atoms with Gasteiger partial charge in [-0.3, -0.25) is 0 Å². The highest BCUT2D eigenvalue weighted by Crippen LogP contribution is 2.34. The van der Waals surface area contributed by atoms with Gasteiger partial charge in [-0.15, -0.1) is 0 Å². The van der Waals surface area contributed by atoms with Gasteiger partial charge < -0.3 is 24.6 Å². The minimum Gasteiger partial charge on any atom is -0.491 e.